The van der Waals surface area contributed by atoms with E-state index in [-0.39, 0.29) is 24.7 Å². The first-order chi connectivity index (χ1) is 12.4. The van der Waals surface area contributed by atoms with Gasteiger partial charge in [0.25, 0.3) is 5.91 Å². The second-order valence-corrected chi connectivity index (χ2v) is 5.84. The Morgan fingerprint density at radius 2 is 1.85 bits per heavy atom. The van der Waals surface area contributed by atoms with Crippen LogP contribution in [0.3, 0.4) is 0 Å². The van der Waals surface area contributed by atoms with Crippen LogP contribution >= 0.6 is 0 Å². The average Bonchev–Trinajstić information content (AvgIpc) is 2.69. The molecule has 134 valence electrons. The lowest BCUT2D eigenvalue weighted by Gasteiger charge is -2.21. The van der Waals surface area contributed by atoms with Crippen LogP contribution in [0, 0.1) is 11.6 Å². The number of halogens is 2. The van der Waals surface area contributed by atoms with Crippen LogP contribution in [0.2, 0.25) is 0 Å². The van der Waals surface area contributed by atoms with Gasteiger partial charge in [-0.2, -0.15) is 0 Å². The van der Waals surface area contributed by atoms with E-state index in [0.717, 1.165) is 12.1 Å². The Bertz CT molecular complexity index is 901. The van der Waals surface area contributed by atoms with E-state index in [1.165, 1.54) is 22.9 Å². The first kappa shape index (κ1) is 17.5. The summed E-state index contributed by atoms with van der Waals surface area (Å²) in [4.78, 5) is 39.6. The van der Waals surface area contributed by atoms with Gasteiger partial charge in [-0.1, -0.05) is 12.1 Å². The molecule has 1 aliphatic rings. The van der Waals surface area contributed by atoms with Gasteiger partial charge in [0.2, 0.25) is 11.8 Å². The highest BCUT2D eigenvalue weighted by atomic mass is 19.2. The van der Waals surface area contributed by atoms with Gasteiger partial charge < -0.3 is 15.1 Å². The fourth-order valence-electron chi connectivity index (χ4n) is 2.68. The van der Waals surface area contributed by atoms with Crippen molar-refractivity contribution in [2.24, 2.45) is 0 Å². The normalized spacial score (nSPS) is 14.1. The van der Waals surface area contributed by atoms with Crippen molar-refractivity contribution < 1.29 is 23.2 Å². The van der Waals surface area contributed by atoms with Crippen molar-refractivity contribution in [2.75, 3.05) is 30.4 Å². The number of rotatable bonds is 3. The summed E-state index contributed by atoms with van der Waals surface area (Å²) in [5.74, 6) is -3.47. The minimum atomic E-state index is -1.09. The summed E-state index contributed by atoms with van der Waals surface area (Å²) in [5, 5.41) is 2.41. The molecule has 0 saturated carbocycles. The molecule has 2 aromatic carbocycles. The van der Waals surface area contributed by atoms with Crippen LogP contribution in [0.5, 0.6) is 0 Å². The molecule has 1 N–H and O–H groups in total. The quantitative estimate of drug-likeness (QED) is 0.912. The summed E-state index contributed by atoms with van der Waals surface area (Å²) >= 11 is 0. The van der Waals surface area contributed by atoms with Crippen LogP contribution in [0.25, 0.3) is 0 Å². The Hall–Kier alpha value is -3.29. The van der Waals surface area contributed by atoms with Gasteiger partial charge in [0.05, 0.1) is 11.3 Å². The zero-order chi connectivity index (χ0) is 18.8. The molecule has 0 spiro atoms. The fraction of sp³-hybridized carbons (Fsp3) is 0.167. The number of fused-ring (bicyclic) bond motifs is 1. The van der Waals surface area contributed by atoms with Gasteiger partial charge >= 0.3 is 0 Å². The summed E-state index contributed by atoms with van der Waals surface area (Å²) in [5.41, 5.74) is 0.700. The Morgan fingerprint density at radius 1 is 1.12 bits per heavy atom. The number of para-hydroxylation sites is 1. The smallest absolute Gasteiger partial charge is 0.256 e. The number of hydrogen-bond donors (Lipinski definition) is 1. The second kappa shape index (κ2) is 6.91. The van der Waals surface area contributed by atoms with Crippen molar-refractivity contribution in [1.29, 1.82) is 0 Å². The third-order valence-electron chi connectivity index (χ3n) is 3.95. The van der Waals surface area contributed by atoms with Crippen LogP contribution in [-0.2, 0) is 9.59 Å². The van der Waals surface area contributed by atoms with Crippen molar-refractivity contribution in [3.05, 3.63) is 59.7 Å². The molecular weight excluding hydrogens is 344 g/mol. The Labute approximate surface area is 148 Å². The lowest BCUT2D eigenvalue weighted by atomic mass is 10.1. The highest BCUT2D eigenvalue weighted by Gasteiger charge is 2.30. The second-order valence-electron chi connectivity index (χ2n) is 5.84. The molecule has 8 heteroatoms. The van der Waals surface area contributed by atoms with Gasteiger partial charge in [0, 0.05) is 18.8 Å². The monoisotopic (exact) mass is 359 g/mol. The maximum atomic E-state index is 13.3. The molecule has 1 heterocycles. The Balaban J connectivity index is 1.84. The van der Waals surface area contributed by atoms with Crippen molar-refractivity contribution in [2.45, 2.75) is 0 Å². The molecule has 0 fully saturated rings. The number of amides is 3. The minimum Gasteiger partial charge on any atom is -0.332 e. The fourth-order valence-corrected chi connectivity index (χ4v) is 2.68. The molecule has 0 aromatic heterocycles. The number of nitrogens with one attached hydrogen (secondary N) is 1. The zero-order valence-corrected chi connectivity index (χ0v) is 13.8. The standard InChI is InChI=1S/C18H15F2N3O3/c1-22-10-17(25)23(15-5-3-2-4-12(15)18(22)26)9-16(24)21-11-6-7-13(19)14(20)8-11/h2-8H,9-10H2,1H3,(H,21,24). The van der Waals surface area contributed by atoms with E-state index in [0.29, 0.717) is 11.3 Å². The highest BCUT2D eigenvalue weighted by Crippen LogP contribution is 2.25. The predicted molar refractivity (Wildman–Crippen MR) is 90.7 cm³/mol. The van der Waals surface area contributed by atoms with E-state index in [1.807, 2.05) is 0 Å². The predicted octanol–water partition coefficient (Wildman–Crippen LogP) is 2.02. The summed E-state index contributed by atoms with van der Waals surface area (Å²) in [7, 11) is 1.50. The van der Waals surface area contributed by atoms with E-state index in [4.69, 9.17) is 0 Å². The lowest BCUT2D eigenvalue weighted by Crippen LogP contribution is -2.41. The largest absolute Gasteiger partial charge is 0.332 e. The Kier molecular flexibility index (Phi) is 4.66. The van der Waals surface area contributed by atoms with E-state index in [9.17, 15) is 23.2 Å². The van der Waals surface area contributed by atoms with Gasteiger partial charge in [-0.3, -0.25) is 14.4 Å². The van der Waals surface area contributed by atoms with Crippen molar-refractivity contribution >= 4 is 29.1 Å². The molecule has 0 saturated heterocycles. The van der Waals surface area contributed by atoms with Crippen LogP contribution in [0.1, 0.15) is 10.4 Å². The van der Waals surface area contributed by atoms with Crippen LogP contribution < -0.4 is 10.2 Å². The van der Waals surface area contributed by atoms with Crippen molar-refractivity contribution in [3.63, 3.8) is 0 Å². The zero-order valence-electron chi connectivity index (χ0n) is 13.8. The molecule has 0 radical (unpaired) electrons. The maximum Gasteiger partial charge on any atom is 0.256 e. The highest BCUT2D eigenvalue weighted by molar-refractivity contribution is 6.12. The molecule has 3 amide bonds. The van der Waals surface area contributed by atoms with Crippen LogP contribution in [0.4, 0.5) is 20.2 Å². The molecule has 6 nitrogen and oxygen atoms in total. The number of hydrogen-bond acceptors (Lipinski definition) is 3. The summed E-state index contributed by atoms with van der Waals surface area (Å²) in [6, 6.07) is 9.44. The van der Waals surface area contributed by atoms with Crippen molar-refractivity contribution in [1.82, 2.24) is 4.90 Å². The van der Waals surface area contributed by atoms with Gasteiger partial charge in [-0.05, 0) is 24.3 Å². The van der Waals surface area contributed by atoms with E-state index < -0.39 is 23.4 Å². The molecule has 0 unspecified atom stereocenters. The topological polar surface area (TPSA) is 69.7 Å². The molecule has 0 aliphatic carbocycles. The maximum absolute atomic E-state index is 13.3. The average molecular weight is 359 g/mol. The first-order valence-electron chi connectivity index (χ1n) is 7.76. The van der Waals surface area contributed by atoms with Crippen LogP contribution in [0.15, 0.2) is 42.5 Å². The summed E-state index contributed by atoms with van der Waals surface area (Å²) in [6.07, 6.45) is 0. The molecule has 0 atom stereocenters. The van der Waals surface area contributed by atoms with Gasteiger partial charge in [-0.25, -0.2) is 8.78 Å². The van der Waals surface area contributed by atoms with Gasteiger partial charge in [-0.15, -0.1) is 0 Å². The summed E-state index contributed by atoms with van der Waals surface area (Å²) < 4.78 is 26.2. The number of anilines is 2. The third-order valence-corrected chi connectivity index (χ3v) is 3.95. The van der Waals surface area contributed by atoms with E-state index in [2.05, 4.69) is 5.32 Å². The summed E-state index contributed by atoms with van der Waals surface area (Å²) in [6.45, 7) is -0.540. The van der Waals surface area contributed by atoms with Gasteiger partial charge in [0.15, 0.2) is 11.6 Å². The Morgan fingerprint density at radius 3 is 2.58 bits per heavy atom. The number of carbonyl (C=O) groups is 3. The number of benzene rings is 2. The first-order valence-corrected chi connectivity index (χ1v) is 7.76. The molecule has 0 bridgehead atoms. The van der Waals surface area contributed by atoms with Crippen molar-refractivity contribution in [3.8, 4) is 0 Å². The van der Waals surface area contributed by atoms with E-state index in [1.54, 1.807) is 24.3 Å². The molecular formula is C18H15F2N3O3. The minimum absolute atomic E-state index is 0.0673. The SMILES string of the molecule is CN1CC(=O)N(CC(=O)Nc2ccc(F)c(F)c2)c2ccccc2C1=O. The molecule has 3 rings (SSSR count). The van der Waals surface area contributed by atoms with Crippen LogP contribution in [-0.4, -0.2) is 42.8 Å². The number of carbonyl (C=O) groups excluding carboxylic acids is 3. The number of nitrogens with zero attached hydrogens (tertiary/aromatic N) is 2. The molecule has 1 aliphatic heterocycles. The molecule has 26 heavy (non-hydrogen) atoms. The van der Waals surface area contributed by atoms with Gasteiger partial charge in [0.1, 0.15) is 13.1 Å². The van der Waals surface area contributed by atoms with E-state index >= 15 is 0 Å². The molecule has 2 aromatic rings. The third kappa shape index (κ3) is 3.39. The number of likely N-dealkylation sites (N-methyl/N-ethyl adjacent to an activating group) is 1. The lowest BCUT2D eigenvalue weighted by molar-refractivity contribution is -0.121.